The van der Waals surface area contributed by atoms with Crippen LogP contribution in [0.5, 0.6) is 0 Å². The summed E-state index contributed by atoms with van der Waals surface area (Å²) in [5, 5.41) is 9.17. The van der Waals surface area contributed by atoms with Crippen molar-refractivity contribution >= 4 is 11.5 Å². The van der Waals surface area contributed by atoms with Gasteiger partial charge in [-0.25, -0.2) is 0 Å². The number of rotatable bonds is 3. The highest BCUT2D eigenvalue weighted by molar-refractivity contribution is 5.79. The number of carbonyl (C=O) groups is 1. The average molecular weight is 323 g/mol. The minimum atomic E-state index is -0.752. The average Bonchev–Trinajstić information content (AvgIpc) is 3.36. The molecule has 124 valence electrons. The van der Waals surface area contributed by atoms with Crippen LogP contribution < -0.4 is 5.73 Å². The zero-order valence-corrected chi connectivity index (χ0v) is 13.6. The summed E-state index contributed by atoms with van der Waals surface area (Å²) in [6, 6.07) is 8.27. The highest BCUT2D eigenvalue weighted by Gasteiger charge is 2.51. The number of aliphatic carboxylic acids is 1. The van der Waals surface area contributed by atoms with Gasteiger partial charge in [0, 0.05) is 5.54 Å². The molecule has 4 rings (SSSR count). The quantitative estimate of drug-likeness (QED) is 0.897. The molecule has 1 unspecified atom stereocenters. The van der Waals surface area contributed by atoms with Crippen molar-refractivity contribution in [2.45, 2.75) is 31.6 Å². The summed E-state index contributed by atoms with van der Waals surface area (Å²) < 4.78 is 6.08. The molecule has 1 aromatic carbocycles. The van der Waals surface area contributed by atoms with Gasteiger partial charge in [0.25, 0.3) is 0 Å². The van der Waals surface area contributed by atoms with Gasteiger partial charge in [0.1, 0.15) is 6.10 Å². The standard InChI is InChI=1S/C20H21NO3/c1-20(21,17-9-16(17)19(22)23)10-12-6-4-8-15-14-7-3-2-5-13(14)11-24-18(12)15/h2-8,10,16-18H,9,11,21H2,1H3,(H,22,23)/b12-10+/t16-,17-,18?,20-/m0/s1. The highest BCUT2D eigenvalue weighted by Crippen LogP contribution is 2.47. The highest BCUT2D eigenvalue weighted by atomic mass is 16.5. The van der Waals surface area contributed by atoms with E-state index in [1.54, 1.807) is 0 Å². The summed E-state index contributed by atoms with van der Waals surface area (Å²) in [5.41, 5.74) is 10.4. The predicted octanol–water partition coefficient (Wildman–Crippen LogP) is 2.90. The van der Waals surface area contributed by atoms with Crippen LogP contribution in [0.2, 0.25) is 0 Å². The Balaban J connectivity index is 1.64. The third-order valence-corrected chi connectivity index (χ3v) is 5.27. The SMILES string of the molecule is C[C@](N)(/C=C1\C=CC=C2c3ccccc3COC21)[C@H]1C[C@@H]1C(=O)O. The van der Waals surface area contributed by atoms with Crippen LogP contribution in [0.4, 0.5) is 0 Å². The molecule has 0 aromatic heterocycles. The fourth-order valence-electron chi connectivity index (χ4n) is 3.88. The van der Waals surface area contributed by atoms with Gasteiger partial charge in [0.2, 0.25) is 0 Å². The van der Waals surface area contributed by atoms with Gasteiger partial charge in [0.15, 0.2) is 0 Å². The van der Waals surface area contributed by atoms with E-state index in [2.05, 4.69) is 18.2 Å². The van der Waals surface area contributed by atoms with Crippen molar-refractivity contribution in [3.05, 3.63) is 65.3 Å². The lowest BCUT2D eigenvalue weighted by Crippen LogP contribution is -2.39. The zero-order valence-electron chi connectivity index (χ0n) is 13.6. The molecular formula is C20H21NO3. The molecule has 4 nitrogen and oxygen atoms in total. The number of benzene rings is 1. The summed E-state index contributed by atoms with van der Waals surface area (Å²) in [4.78, 5) is 11.2. The third-order valence-electron chi connectivity index (χ3n) is 5.27. The molecule has 1 saturated carbocycles. The second-order valence-electron chi connectivity index (χ2n) is 7.13. The normalized spacial score (nSPS) is 31.7. The van der Waals surface area contributed by atoms with E-state index >= 15 is 0 Å². The number of nitrogens with two attached hydrogens (primary N) is 1. The smallest absolute Gasteiger partial charge is 0.306 e. The Morgan fingerprint density at radius 1 is 1.42 bits per heavy atom. The first kappa shape index (κ1) is 15.4. The van der Waals surface area contributed by atoms with Crippen molar-refractivity contribution in [2.75, 3.05) is 0 Å². The van der Waals surface area contributed by atoms with Gasteiger partial charge in [0.05, 0.1) is 12.5 Å². The third kappa shape index (κ3) is 2.52. The summed E-state index contributed by atoms with van der Waals surface area (Å²) in [6.45, 7) is 2.49. The molecule has 0 saturated heterocycles. The largest absolute Gasteiger partial charge is 0.481 e. The number of hydrogen-bond acceptors (Lipinski definition) is 3. The number of carboxylic acid groups (broad SMARTS) is 1. The first-order valence-corrected chi connectivity index (χ1v) is 8.30. The predicted molar refractivity (Wildman–Crippen MR) is 92.0 cm³/mol. The monoisotopic (exact) mass is 323 g/mol. The lowest BCUT2D eigenvalue weighted by Gasteiger charge is -2.33. The van der Waals surface area contributed by atoms with E-state index in [4.69, 9.17) is 15.6 Å². The van der Waals surface area contributed by atoms with Crippen LogP contribution in [0, 0.1) is 11.8 Å². The van der Waals surface area contributed by atoms with Crippen molar-refractivity contribution in [2.24, 2.45) is 17.6 Å². The molecule has 4 heteroatoms. The fourth-order valence-corrected chi connectivity index (χ4v) is 3.88. The van der Waals surface area contributed by atoms with E-state index in [0.717, 1.165) is 11.1 Å². The Bertz CT molecular complexity index is 788. The van der Waals surface area contributed by atoms with E-state index in [1.165, 1.54) is 11.1 Å². The first-order chi connectivity index (χ1) is 11.5. The lowest BCUT2D eigenvalue weighted by atomic mass is 9.83. The number of ether oxygens (including phenoxy) is 1. The van der Waals surface area contributed by atoms with Crippen molar-refractivity contribution < 1.29 is 14.6 Å². The van der Waals surface area contributed by atoms with Crippen molar-refractivity contribution in [1.29, 1.82) is 0 Å². The molecule has 1 fully saturated rings. The van der Waals surface area contributed by atoms with E-state index in [9.17, 15) is 4.79 Å². The van der Waals surface area contributed by atoms with Crippen LogP contribution in [0.15, 0.2) is 54.1 Å². The summed E-state index contributed by atoms with van der Waals surface area (Å²) >= 11 is 0. The molecule has 0 spiro atoms. The summed E-state index contributed by atoms with van der Waals surface area (Å²) in [7, 11) is 0. The molecule has 2 aliphatic carbocycles. The Kier molecular flexibility index (Phi) is 3.48. The van der Waals surface area contributed by atoms with Gasteiger partial charge in [-0.2, -0.15) is 0 Å². The van der Waals surface area contributed by atoms with Crippen LogP contribution >= 0.6 is 0 Å². The second kappa shape index (κ2) is 5.43. The number of allylic oxidation sites excluding steroid dienone is 2. The van der Waals surface area contributed by atoms with Gasteiger partial charge in [-0.05, 0) is 41.5 Å². The topological polar surface area (TPSA) is 72.5 Å². The molecule has 1 heterocycles. The Hall–Kier alpha value is -2.17. The van der Waals surface area contributed by atoms with Gasteiger partial charge >= 0.3 is 5.97 Å². The van der Waals surface area contributed by atoms with Gasteiger partial charge in [-0.3, -0.25) is 4.79 Å². The molecule has 3 N–H and O–H groups in total. The maximum atomic E-state index is 11.2. The second-order valence-corrected chi connectivity index (χ2v) is 7.13. The van der Waals surface area contributed by atoms with Crippen molar-refractivity contribution in [3.63, 3.8) is 0 Å². The molecule has 1 aliphatic heterocycles. The lowest BCUT2D eigenvalue weighted by molar-refractivity contribution is -0.139. The molecule has 0 amide bonds. The Morgan fingerprint density at radius 3 is 2.96 bits per heavy atom. The van der Waals surface area contributed by atoms with E-state index in [1.807, 2.05) is 37.3 Å². The van der Waals surface area contributed by atoms with Crippen LogP contribution in [-0.4, -0.2) is 22.7 Å². The molecule has 4 atom stereocenters. The first-order valence-electron chi connectivity index (χ1n) is 8.30. The molecule has 0 radical (unpaired) electrons. The van der Waals surface area contributed by atoms with E-state index in [0.29, 0.717) is 13.0 Å². The fraction of sp³-hybridized carbons (Fsp3) is 0.350. The van der Waals surface area contributed by atoms with Gasteiger partial charge in [-0.1, -0.05) is 48.6 Å². The van der Waals surface area contributed by atoms with Crippen LogP contribution in [0.25, 0.3) is 5.57 Å². The van der Waals surface area contributed by atoms with Crippen LogP contribution in [-0.2, 0) is 16.1 Å². The minimum absolute atomic E-state index is 0.0128. The van der Waals surface area contributed by atoms with Crippen LogP contribution in [0.1, 0.15) is 24.5 Å². The summed E-state index contributed by atoms with van der Waals surface area (Å²) in [6.07, 6.45) is 8.64. The maximum absolute atomic E-state index is 11.2. The number of hydrogen-bond donors (Lipinski definition) is 2. The zero-order chi connectivity index (χ0) is 16.9. The van der Waals surface area contributed by atoms with E-state index in [-0.39, 0.29) is 17.9 Å². The van der Waals surface area contributed by atoms with Crippen molar-refractivity contribution in [3.8, 4) is 0 Å². The number of fused-ring (bicyclic) bond motifs is 3. The number of carboxylic acids is 1. The van der Waals surface area contributed by atoms with E-state index < -0.39 is 11.5 Å². The Morgan fingerprint density at radius 2 is 2.21 bits per heavy atom. The maximum Gasteiger partial charge on any atom is 0.306 e. The van der Waals surface area contributed by atoms with Gasteiger partial charge < -0.3 is 15.6 Å². The van der Waals surface area contributed by atoms with Crippen LogP contribution in [0.3, 0.4) is 0 Å². The molecule has 0 bridgehead atoms. The molecular weight excluding hydrogens is 302 g/mol. The molecule has 24 heavy (non-hydrogen) atoms. The minimum Gasteiger partial charge on any atom is -0.481 e. The van der Waals surface area contributed by atoms with Crippen molar-refractivity contribution in [1.82, 2.24) is 0 Å². The van der Waals surface area contributed by atoms with Gasteiger partial charge in [-0.15, -0.1) is 0 Å². The summed E-state index contributed by atoms with van der Waals surface area (Å²) in [5.74, 6) is -1.09. The molecule has 3 aliphatic rings. The Labute approximate surface area is 141 Å². The molecule has 1 aromatic rings.